The van der Waals surface area contributed by atoms with Crippen molar-refractivity contribution in [1.29, 1.82) is 0 Å². The van der Waals surface area contributed by atoms with Crippen molar-refractivity contribution in [2.24, 2.45) is 0 Å². The lowest BCUT2D eigenvalue weighted by molar-refractivity contribution is -0.142. The van der Waals surface area contributed by atoms with Gasteiger partial charge in [0.2, 0.25) is 5.91 Å². The predicted octanol–water partition coefficient (Wildman–Crippen LogP) is 3.76. The van der Waals surface area contributed by atoms with E-state index in [1.807, 2.05) is 32.9 Å². The van der Waals surface area contributed by atoms with E-state index in [0.29, 0.717) is 17.9 Å². The summed E-state index contributed by atoms with van der Waals surface area (Å²) in [7, 11) is 0. The van der Waals surface area contributed by atoms with Crippen LogP contribution in [0, 0.1) is 19.7 Å². The van der Waals surface area contributed by atoms with E-state index in [2.05, 4.69) is 5.32 Å². The smallest absolute Gasteiger partial charge is 0.261 e. The summed E-state index contributed by atoms with van der Waals surface area (Å²) in [6, 6.07) is 11.1. The largest absolute Gasteiger partial charge is 0.484 e. The Morgan fingerprint density at radius 2 is 1.86 bits per heavy atom. The van der Waals surface area contributed by atoms with Gasteiger partial charge in [-0.05, 0) is 56.5 Å². The Morgan fingerprint density at radius 3 is 2.52 bits per heavy atom. The highest BCUT2D eigenvalue weighted by molar-refractivity contribution is 5.87. The van der Waals surface area contributed by atoms with Gasteiger partial charge in [0, 0.05) is 18.7 Å². The first kappa shape index (κ1) is 22.4. The molecule has 2 amide bonds. The van der Waals surface area contributed by atoms with Crippen molar-refractivity contribution in [3.63, 3.8) is 0 Å². The van der Waals surface area contributed by atoms with E-state index in [1.54, 1.807) is 31.2 Å². The molecule has 29 heavy (non-hydrogen) atoms. The molecule has 156 valence electrons. The third-order valence-electron chi connectivity index (χ3n) is 4.86. The van der Waals surface area contributed by atoms with E-state index in [-0.39, 0.29) is 25.0 Å². The first-order valence-corrected chi connectivity index (χ1v) is 9.84. The van der Waals surface area contributed by atoms with Crippen LogP contribution in [-0.2, 0) is 16.1 Å². The second-order valence-corrected chi connectivity index (χ2v) is 7.11. The molecular formula is C23H29FN2O3. The van der Waals surface area contributed by atoms with Crippen LogP contribution in [0.15, 0.2) is 42.5 Å². The zero-order valence-electron chi connectivity index (χ0n) is 17.5. The Hall–Kier alpha value is -2.89. The molecule has 0 unspecified atom stereocenters. The Labute approximate surface area is 171 Å². The van der Waals surface area contributed by atoms with Crippen molar-refractivity contribution < 1.29 is 18.7 Å². The standard InChI is InChI=1S/C23H29FN2O3/c1-5-12-25-23(28)18(4)26(14-19-8-6-7-9-21(19)24)22(27)15-29-20-11-10-16(2)17(3)13-20/h6-11,13,18H,5,12,14-15H2,1-4H3,(H,25,28)/t18-/m1/s1. The maximum absolute atomic E-state index is 14.1. The molecule has 2 aromatic rings. The van der Waals surface area contributed by atoms with Crippen molar-refractivity contribution in [1.82, 2.24) is 10.2 Å². The summed E-state index contributed by atoms with van der Waals surface area (Å²) >= 11 is 0. The molecule has 0 saturated heterocycles. The highest BCUT2D eigenvalue weighted by Crippen LogP contribution is 2.18. The average Bonchev–Trinajstić information content (AvgIpc) is 2.71. The first-order chi connectivity index (χ1) is 13.8. The van der Waals surface area contributed by atoms with Crippen molar-refractivity contribution in [2.75, 3.05) is 13.2 Å². The number of amides is 2. The number of aryl methyl sites for hydroxylation is 2. The van der Waals surface area contributed by atoms with E-state index in [1.165, 1.54) is 11.0 Å². The lowest BCUT2D eigenvalue weighted by Gasteiger charge is -2.29. The number of halogens is 1. The Morgan fingerprint density at radius 1 is 1.14 bits per heavy atom. The van der Waals surface area contributed by atoms with Gasteiger partial charge in [0.15, 0.2) is 6.61 Å². The molecule has 0 fully saturated rings. The number of carbonyl (C=O) groups excluding carboxylic acids is 2. The zero-order chi connectivity index (χ0) is 21.4. The number of hydrogen-bond donors (Lipinski definition) is 1. The number of benzene rings is 2. The molecule has 1 atom stereocenters. The van der Waals surface area contributed by atoms with Crippen LogP contribution < -0.4 is 10.1 Å². The van der Waals surface area contributed by atoms with Crippen LogP contribution in [0.1, 0.15) is 37.0 Å². The lowest BCUT2D eigenvalue weighted by atomic mass is 10.1. The Bertz CT molecular complexity index is 854. The molecule has 0 bridgehead atoms. The van der Waals surface area contributed by atoms with Gasteiger partial charge in [0.1, 0.15) is 17.6 Å². The number of ether oxygens (including phenoxy) is 1. The van der Waals surface area contributed by atoms with E-state index in [4.69, 9.17) is 4.74 Å². The van der Waals surface area contributed by atoms with Crippen LogP contribution in [0.3, 0.4) is 0 Å². The Balaban J connectivity index is 2.15. The second kappa shape index (κ2) is 10.6. The van der Waals surface area contributed by atoms with Crippen LogP contribution in [-0.4, -0.2) is 35.9 Å². The number of hydrogen-bond acceptors (Lipinski definition) is 3. The number of nitrogens with zero attached hydrogens (tertiary/aromatic N) is 1. The van der Waals surface area contributed by atoms with Crippen LogP contribution in [0.25, 0.3) is 0 Å². The molecule has 6 heteroatoms. The fourth-order valence-electron chi connectivity index (χ4n) is 2.82. The summed E-state index contributed by atoms with van der Waals surface area (Å²) in [5, 5.41) is 2.79. The molecule has 0 saturated carbocycles. The fourth-order valence-corrected chi connectivity index (χ4v) is 2.82. The number of carbonyl (C=O) groups is 2. The van der Waals surface area contributed by atoms with Crippen LogP contribution in [0.2, 0.25) is 0 Å². The highest BCUT2D eigenvalue weighted by Gasteiger charge is 2.27. The van der Waals surface area contributed by atoms with E-state index >= 15 is 0 Å². The maximum atomic E-state index is 14.1. The lowest BCUT2D eigenvalue weighted by Crippen LogP contribution is -2.49. The Kier molecular flexibility index (Phi) is 8.19. The predicted molar refractivity (Wildman–Crippen MR) is 111 cm³/mol. The molecule has 1 N–H and O–H groups in total. The molecule has 2 rings (SSSR count). The van der Waals surface area contributed by atoms with Gasteiger partial charge < -0.3 is 15.0 Å². The van der Waals surface area contributed by atoms with E-state index < -0.39 is 11.9 Å². The summed E-state index contributed by atoms with van der Waals surface area (Å²) in [5.41, 5.74) is 2.54. The minimum atomic E-state index is -0.753. The molecule has 5 nitrogen and oxygen atoms in total. The summed E-state index contributed by atoms with van der Waals surface area (Å²) in [4.78, 5) is 26.7. The van der Waals surface area contributed by atoms with Gasteiger partial charge in [0.05, 0.1) is 0 Å². The molecule has 0 spiro atoms. The topological polar surface area (TPSA) is 58.6 Å². The monoisotopic (exact) mass is 400 g/mol. The molecule has 0 aliphatic carbocycles. The van der Waals surface area contributed by atoms with Gasteiger partial charge in [-0.15, -0.1) is 0 Å². The van der Waals surface area contributed by atoms with Crippen LogP contribution >= 0.6 is 0 Å². The number of nitrogens with one attached hydrogen (secondary N) is 1. The summed E-state index contributed by atoms with van der Waals surface area (Å²) in [5.74, 6) is -0.495. The van der Waals surface area contributed by atoms with Gasteiger partial charge in [-0.1, -0.05) is 31.2 Å². The maximum Gasteiger partial charge on any atom is 0.261 e. The minimum absolute atomic E-state index is 0.0114. The van der Waals surface area contributed by atoms with Crippen molar-refractivity contribution in [3.8, 4) is 5.75 Å². The normalized spacial score (nSPS) is 11.6. The average molecular weight is 400 g/mol. The summed E-state index contributed by atoms with van der Waals surface area (Å²) in [6.07, 6.45) is 0.787. The van der Waals surface area contributed by atoms with Gasteiger partial charge in [-0.25, -0.2) is 4.39 Å². The van der Waals surface area contributed by atoms with E-state index in [0.717, 1.165) is 17.5 Å². The minimum Gasteiger partial charge on any atom is -0.484 e. The van der Waals surface area contributed by atoms with Gasteiger partial charge in [-0.3, -0.25) is 9.59 Å². The second-order valence-electron chi connectivity index (χ2n) is 7.11. The third-order valence-corrected chi connectivity index (χ3v) is 4.86. The van der Waals surface area contributed by atoms with Gasteiger partial charge in [-0.2, -0.15) is 0 Å². The quantitative estimate of drug-likeness (QED) is 0.697. The van der Waals surface area contributed by atoms with E-state index in [9.17, 15) is 14.0 Å². The zero-order valence-corrected chi connectivity index (χ0v) is 17.5. The number of rotatable bonds is 9. The fraction of sp³-hybridized carbons (Fsp3) is 0.391. The molecule has 0 radical (unpaired) electrons. The van der Waals surface area contributed by atoms with Crippen molar-refractivity contribution >= 4 is 11.8 Å². The SMILES string of the molecule is CCCNC(=O)[C@@H](C)N(Cc1ccccc1F)C(=O)COc1ccc(C)c(C)c1. The molecule has 0 aromatic heterocycles. The first-order valence-electron chi connectivity index (χ1n) is 9.84. The summed E-state index contributed by atoms with van der Waals surface area (Å²) < 4.78 is 19.8. The molecule has 0 aliphatic rings. The van der Waals surface area contributed by atoms with Crippen molar-refractivity contribution in [2.45, 2.75) is 46.7 Å². The third kappa shape index (κ3) is 6.31. The molecule has 2 aromatic carbocycles. The van der Waals surface area contributed by atoms with Crippen LogP contribution in [0.5, 0.6) is 5.75 Å². The molecule has 0 aliphatic heterocycles. The summed E-state index contributed by atoms with van der Waals surface area (Å²) in [6.45, 7) is 7.82. The van der Waals surface area contributed by atoms with Crippen molar-refractivity contribution in [3.05, 3.63) is 65.0 Å². The van der Waals surface area contributed by atoms with Crippen LogP contribution in [0.4, 0.5) is 4.39 Å². The molecule has 0 heterocycles. The molecular weight excluding hydrogens is 371 g/mol. The van der Waals surface area contributed by atoms with Gasteiger partial charge in [0.25, 0.3) is 5.91 Å². The highest BCUT2D eigenvalue weighted by atomic mass is 19.1. The van der Waals surface area contributed by atoms with Gasteiger partial charge >= 0.3 is 0 Å².